The van der Waals surface area contributed by atoms with Gasteiger partial charge in [0.15, 0.2) is 0 Å². The Balaban J connectivity index is 2.31. The van der Waals surface area contributed by atoms with Gasteiger partial charge in [-0.2, -0.15) is 13.2 Å². The molecule has 0 fully saturated rings. The van der Waals surface area contributed by atoms with Crippen molar-refractivity contribution in [3.8, 4) is 0 Å². The molecule has 2 rings (SSSR count). The third-order valence-corrected chi connectivity index (χ3v) is 3.77. The summed E-state index contributed by atoms with van der Waals surface area (Å²) in [7, 11) is 0. The van der Waals surface area contributed by atoms with E-state index in [0.29, 0.717) is 9.37 Å². The van der Waals surface area contributed by atoms with Gasteiger partial charge < -0.3 is 5.32 Å². The van der Waals surface area contributed by atoms with Crippen LogP contribution in [0.5, 0.6) is 0 Å². The third kappa shape index (κ3) is 3.79. The Morgan fingerprint density at radius 3 is 2.43 bits per heavy atom. The lowest BCUT2D eigenvalue weighted by Gasteiger charge is -2.12. The number of thiol groups is 1. The van der Waals surface area contributed by atoms with Crippen molar-refractivity contribution in [2.24, 2.45) is 0 Å². The summed E-state index contributed by atoms with van der Waals surface area (Å²) >= 11 is 7.26. The molecule has 0 saturated heterocycles. The van der Waals surface area contributed by atoms with E-state index in [9.17, 15) is 18.0 Å². The maximum absolute atomic E-state index is 12.7. The molecule has 2 aromatic rings. The van der Waals surface area contributed by atoms with E-state index < -0.39 is 17.6 Å². The molecule has 0 spiro atoms. The zero-order valence-electron chi connectivity index (χ0n) is 10.4. The fourth-order valence-corrected chi connectivity index (χ4v) is 2.26. The average Bonchev–Trinajstić information content (AvgIpc) is 2.40. The van der Waals surface area contributed by atoms with Crippen molar-refractivity contribution < 1.29 is 18.0 Å². The second-order valence-electron chi connectivity index (χ2n) is 4.16. The van der Waals surface area contributed by atoms with E-state index in [1.807, 2.05) is 0 Å². The molecule has 0 aliphatic rings. The van der Waals surface area contributed by atoms with Crippen LogP contribution in [0.2, 0.25) is 0 Å². The molecule has 2 nitrogen and oxygen atoms in total. The van der Waals surface area contributed by atoms with Crippen molar-refractivity contribution in [1.82, 2.24) is 0 Å². The maximum atomic E-state index is 12.7. The predicted octanol–water partition coefficient (Wildman–Crippen LogP) is 5.01. The minimum Gasteiger partial charge on any atom is -0.321 e. The Kier molecular flexibility index (Phi) is 4.63. The van der Waals surface area contributed by atoms with Crippen molar-refractivity contribution in [3.05, 3.63) is 58.1 Å². The Morgan fingerprint density at radius 1 is 1.14 bits per heavy atom. The first-order valence-corrected chi connectivity index (χ1v) is 6.99. The number of hydrogen-bond donors (Lipinski definition) is 2. The molecule has 0 bridgehead atoms. The molecule has 0 unspecified atom stereocenters. The van der Waals surface area contributed by atoms with E-state index in [-0.39, 0.29) is 11.3 Å². The highest BCUT2D eigenvalue weighted by Gasteiger charge is 2.31. The summed E-state index contributed by atoms with van der Waals surface area (Å²) in [5.41, 5.74) is -0.503. The first kappa shape index (κ1) is 15.9. The van der Waals surface area contributed by atoms with Crippen LogP contribution in [0.3, 0.4) is 0 Å². The molecule has 21 heavy (non-hydrogen) atoms. The Labute approximate surface area is 132 Å². The van der Waals surface area contributed by atoms with Crippen molar-refractivity contribution >= 4 is 40.2 Å². The second kappa shape index (κ2) is 6.11. The molecule has 1 N–H and O–H groups in total. The van der Waals surface area contributed by atoms with Crippen molar-refractivity contribution in [3.63, 3.8) is 0 Å². The fraction of sp³-hybridized carbons (Fsp3) is 0.0714. The molecule has 0 heterocycles. The molecule has 0 atom stereocenters. The molecule has 0 aromatic heterocycles. The Bertz CT molecular complexity index is 688. The lowest BCUT2D eigenvalue weighted by Crippen LogP contribution is -2.14. The average molecular weight is 376 g/mol. The van der Waals surface area contributed by atoms with Gasteiger partial charge in [0.2, 0.25) is 0 Å². The van der Waals surface area contributed by atoms with Crippen molar-refractivity contribution in [2.75, 3.05) is 5.32 Å². The van der Waals surface area contributed by atoms with E-state index in [1.54, 1.807) is 24.3 Å². The first-order chi connectivity index (χ1) is 9.79. The lowest BCUT2D eigenvalue weighted by molar-refractivity contribution is -0.137. The van der Waals surface area contributed by atoms with Crippen LogP contribution < -0.4 is 5.32 Å². The first-order valence-electron chi connectivity index (χ1n) is 5.75. The molecular weight excluding hydrogens is 367 g/mol. The monoisotopic (exact) mass is 375 g/mol. The smallest absolute Gasteiger partial charge is 0.321 e. The largest absolute Gasteiger partial charge is 0.416 e. The highest BCUT2D eigenvalue weighted by atomic mass is 79.9. The molecule has 0 radical (unpaired) electrons. The van der Waals surface area contributed by atoms with Gasteiger partial charge in [-0.05, 0) is 46.3 Å². The van der Waals surface area contributed by atoms with Gasteiger partial charge in [0.1, 0.15) is 0 Å². The number of nitrogens with one attached hydrogen (secondary N) is 1. The van der Waals surface area contributed by atoms with Gasteiger partial charge in [0.25, 0.3) is 5.91 Å². The van der Waals surface area contributed by atoms with E-state index >= 15 is 0 Å². The zero-order chi connectivity index (χ0) is 15.6. The summed E-state index contributed by atoms with van der Waals surface area (Å²) in [4.78, 5) is 12.5. The van der Waals surface area contributed by atoms with Gasteiger partial charge in [-0.1, -0.05) is 12.1 Å². The van der Waals surface area contributed by atoms with Crippen molar-refractivity contribution in [1.29, 1.82) is 0 Å². The van der Waals surface area contributed by atoms with Gasteiger partial charge in [0.05, 0.1) is 16.8 Å². The molecule has 2 aromatic carbocycles. The number of anilines is 1. The quantitative estimate of drug-likeness (QED) is 0.709. The molecular formula is C14H9BrF3NOS. The minimum absolute atomic E-state index is 0.0476. The van der Waals surface area contributed by atoms with Crippen LogP contribution in [0.1, 0.15) is 15.9 Å². The summed E-state index contributed by atoms with van der Waals surface area (Å²) in [6.07, 6.45) is -4.47. The number of benzene rings is 2. The van der Waals surface area contributed by atoms with E-state index in [2.05, 4.69) is 33.9 Å². The number of halogens is 4. The topological polar surface area (TPSA) is 29.1 Å². The van der Waals surface area contributed by atoms with Gasteiger partial charge >= 0.3 is 6.18 Å². The normalized spacial score (nSPS) is 11.3. The highest BCUT2D eigenvalue weighted by Crippen LogP contribution is 2.34. The SMILES string of the molecule is O=C(Nc1cc(C(F)(F)F)ccc1Br)c1ccccc1S. The highest BCUT2D eigenvalue weighted by molar-refractivity contribution is 9.10. The van der Waals surface area contributed by atoms with Crippen LogP contribution in [0.15, 0.2) is 51.8 Å². The van der Waals surface area contributed by atoms with Crippen molar-refractivity contribution in [2.45, 2.75) is 11.1 Å². The zero-order valence-corrected chi connectivity index (χ0v) is 12.9. The second-order valence-corrected chi connectivity index (χ2v) is 5.50. The van der Waals surface area contributed by atoms with Crippen LogP contribution in [-0.4, -0.2) is 5.91 Å². The van der Waals surface area contributed by atoms with Crippen LogP contribution in [-0.2, 0) is 6.18 Å². The van der Waals surface area contributed by atoms with E-state index in [0.717, 1.165) is 12.1 Å². The number of carbonyl (C=O) groups is 1. The number of amides is 1. The summed E-state index contributed by atoms with van der Waals surface area (Å²) in [6, 6.07) is 9.58. The molecule has 1 amide bonds. The van der Waals surface area contributed by atoms with Crippen LogP contribution >= 0.6 is 28.6 Å². The maximum Gasteiger partial charge on any atom is 0.416 e. The van der Waals surface area contributed by atoms with Crippen LogP contribution in [0.4, 0.5) is 18.9 Å². The number of alkyl halides is 3. The molecule has 110 valence electrons. The fourth-order valence-electron chi connectivity index (χ4n) is 1.65. The Hall–Kier alpha value is -1.47. The van der Waals surface area contributed by atoms with E-state index in [4.69, 9.17) is 0 Å². The standard InChI is InChI=1S/C14H9BrF3NOS/c15-10-6-5-8(14(16,17)18)7-11(10)19-13(20)9-3-1-2-4-12(9)21/h1-7,21H,(H,19,20). The van der Waals surface area contributed by atoms with Gasteiger partial charge in [-0.15, -0.1) is 12.6 Å². The van der Waals surface area contributed by atoms with Gasteiger partial charge in [-0.3, -0.25) is 4.79 Å². The molecule has 0 aliphatic heterocycles. The molecule has 0 saturated carbocycles. The van der Waals surface area contributed by atoms with Crippen LogP contribution in [0, 0.1) is 0 Å². The minimum atomic E-state index is -4.47. The summed E-state index contributed by atoms with van der Waals surface area (Å²) in [6.45, 7) is 0. The van der Waals surface area contributed by atoms with Gasteiger partial charge in [-0.25, -0.2) is 0 Å². The van der Waals surface area contributed by atoms with E-state index in [1.165, 1.54) is 6.07 Å². The summed E-state index contributed by atoms with van der Waals surface area (Å²) in [5.74, 6) is -0.527. The Morgan fingerprint density at radius 2 is 1.81 bits per heavy atom. The number of carbonyl (C=O) groups excluding carboxylic acids is 1. The predicted molar refractivity (Wildman–Crippen MR) is 80.8 cm³/mol. The summed E-state index contributed by atoms with van der Waals surface area (Å²) < 4.78 is 38.4. The third-order valence-electron chi connectivity index (χ3n) is 2.69. The van der Waals surface area contributed by atoms with Crippen LogP contribution in [0.25, 0.3) is 0 Å². The lowest BCUT2D eigenvalue weighted by atomic mass is 10.1. The summed E-state index contributed by atoms with van der Waals surface area (Å²) in [5, 5.41) is 2.45. The number of hydrogen-bond acceptors (Lipinski definition) is 2. The molecule has 7 heteroatoms. The molecule has 0 aliphatic carbocycles. The van der Waals surface area contributed by atoms with Gasteiger partial charge in [0, 0.05) is 9.37 Å². The number of rotatable bonds is 2.